The molecule has 0 spiro atoms. The molecule has 6 rings (SSSR count). The maximum absolute atomic E-state index is 13.8. The number of methoxy groups -OCH3 is 1. The van der Waals surface area contributed by atoms with Gasteiger partial charge in [-0.1, -0.05) is 12.1 Å². The molecular formula is C28H23F2NO8. The quantitative estimate of drug-likeness (QED) is 0.478. The first kappa shape index (κ1) is 24.8. The van der Waals surface area contributed by atoms with E-state index in [9.17, 15) is 23.5 Å². The Labute approximate surface area is 221 Å². The number of amides is 1. The Morgan fingerprint density at radius 1 is 1.00 bits per heavy atom. The van der Waals surface area contributed by atoms with Crippen LogP contribution in [0.25, 0.3) is 0 Å². The number of hydrogen-bond donors (Lipinski definition) is 2. The second-order valence-electron chi connectivity index (χ2n) is 9.78. The summed E-state index contributed by atoms with van der Waals surface area (Å²) >= 11 is 0. The van der Waals surface area contributed by atoms with Crippen molar-refractivity contribution in [3.05, 3.63) is 76.9 Å². The number of ether oxygens (including phenoxy) is 5. The van der Waals surface area contributed by atoms with Crippen LogP contribution in [0.15, 0.2) is 54.6 Å². The summed E-state index contributed by atoms with van der Waals surface area (Å²) in [4.78, 5) is 25.1. The summed E-state index contributed by atoms with van der Waals surface area (Å²) in [7, 11) is 1.53. The molecule has 3 aromatic rings. The number of aromatic carboxylic acids is 1. The van der Waals surface area contributed by atoms with E-state index in [-0.39, 0.29) is 35.3 Å². The third-order valence-electron chi connectivity index (χ3n) is 7.27. The molecule has 1 unspecified atom stereocenters. The molecule has 0 aliphatic carbocycles. The predicted octanol–water partition coefficient (Wildman–Crippen LogP) is 4.75. The molecular weight excluding hydrogens is 516 g/mol. The van der Waals surface area contributed by atoms with Gasteiger partial charge in [0.1, 0.15) is 35.4 Å². The summed E-state index contributed by atoms with van der Waals surface area (Å²) in [5.41, 5.74) is 0.823. The first-order chi connectivity index (χ1) is 18.6. The highest BCUT2D eigenvalue weighted by Gasteiger charge is 2.49. The third kappa shape index (κ3) is 4.23. The minimum Gasteiger partial charge on any atom is -0.497 e. The lowest BCUT2D eigenvalue weighted by atomic mass is 9.82. The number of nitrogens with one attached hydrogen (secondary N) is 1. The van der Waals surface area contributed by atoms with Crippen molar-refractivity contribution in [1.29, 1.82) is 0 Å². The van der Waals surface area contributed by atoms with Crippen molar-refractivity contribution in [2.24, 2.45) is 0 Å². The van der Waals surface area contributed by atoms with Crippen molar-refractivity contribution >= 4 is 11.9 Å². The Bertz CT molecular complexity index is 1490. The summed E-state index contributed by atoms with van der Waals surface area (Å²) in [6, 6.07) is 13.8. The minimum absolute atomic E-state index is 0.00772. The molecule has 2 N–H and O–H groups in total. The fraction of sp³-hybridized carbons (Fsp3) is 0.286. The van der Waals surface area contributed by atoms with Gasteiger partial charge in [0.2, 0.25) is 5.91 Å². The summed E-state index contributed by atoms with van der Waals surface area (Å²) < 4.78 is 53.6. The zero-order chi connectivity index (χ0) is 27.5. The van der Waals surface area contributed by atoms with Crippen LogP contribution >= 0.6 is 0 Å². The smallest absolute Gasteiger partial charge is 0.497 e. The average molecular weight is 539 g/mol. The van der Waals surface area contributed by atoms with Gasteiger partial charge in [-0.15, -0.1) is 8.78 Å². The topological polar surface area (TPSA) is 113 Å². The number of carboxylic acids is 1. The first-order valence-corrected chi connectivity index (χ1v) is 12.1. The summed E-state index contributed by atoms with van der Waals surface area (Å²) in [6.07, 6.45) is -3.93. The number of carboxylic acid groups (broad SMARTS) is 1. The minimum atomic E-state index is -3.79. The van der Waals surface area contributed by atoms with Gasteiger partial charge >= 0.3 is 12.3 Å². The lowest BCUT2D eigenvalue weighted by molar-refractivity contribution is -0.286. The summed E-state index contributed by atoms with van der Waals surface area (Å²) in [5, 5.41) is 12.3. The van der Waals surface area contributed by atoms with E-state index in [0.29, 0.717) is 23.5 Å². The van der Waals surface area contributed by atoms with Crippen molar-refractivity contribution < 1.29 is 47.2 Å². The van der Waals surface area contributed by atoms with Crippen LogP contribution in [0.1, 0.15) is 52.5 Å². The van der Waals surface area contributed by atoms with Crippen LogP contribution in [0.2, 0.25) is 0 Å². The highest BCUT2D eigenvalue weighted by Crippen LogP contribution is 2.50. The number of carbonyl (C=O) groups excluding carboxylic acids is 1. The normalized spacial score (nSPS) is 23.6. The molecule has 0 radical (unpaired) electrons. The highest BCUT2D eigenvalue weighted by molar-refractivity contribution is 5.90. The van der Waals surface area contributed by atoms with Gasteiger partial charge in [0, 0.05) is 29.7 Å². The van der Waals surface area contributed by atoms with Gasteiger partial charge < -0.3 is 34.1 Å². The standard InChI is InChI=1S/C28H23F2NO8/c1-27(13-36-22-12-24-23(10-18(22)27)38-28(29,30)39-24)26(34)31-19-11-20(14-3-5-15(6-4-14)25(32)33)37-21-9-16(35-2)7-8-17(19)21/h3-10,12,19-20H,11,13H2,1-2H3,(H,31,34)(H,32,33)/t19-,20-,27?/m1/s1. The Morgan fingerprint density at radius 3 is 2.41 bits per heavy atom. The molecule has 3 atom stereocenters. The second kappa shape index (κ2) is 8.75. The van der Waals surface area contributed by atoms with Gasteiger partial charge in [0.15, 0.2) is 11.5 Å². The molecule has 0 fully saturated rings. The zero-order valence-corrected chi connectivity index (χ0v) is 20.8. The van der Waals surface area contributed by atoms with Crippen molar-refractivity contribution in [2.45, 2.75) is 37.2 Å². The Kier molecular flexibility index (Phi) is 5.56. The molecule has 3 aliphatic heterocycles. The molecule has 0 bridgehead atoms. The molecule has 11 heteroatoms. The lowest BCUT2D eigenvalue weighted by Gasteiger charge is -2.35. The monoisotopic (exact) mass is 539 g/mol. The molecule has 9 nitrogen and oxygen atoms in total. The van der Waals surface area contributed by atoms with Crippen LogP contribution in [0.4, 0.5) is 8.78 Å². The molecule has 0 aromatic heterocycles. The average Bonchev–Trinajstić information content (AvgIpc) is 3.41. The number of alkyl halides is 2. The number of rotatable bonds is 5. The fourth-order valence-corrected chi connectivity index (χ4v) is 5.09. The SMILES string of the molecule is COc1ccc2c(c1)O[C@@H](c1ccc(C(=O)O)cc1)C[C@H]2NC(=O)C1(C)COc2cc3c(cc21)OC(F)(F)O3. The molecule has 3 aromatic carbocycles. The highest BCUT2D eigenvalue weighted by atomic mass is 19.3. The predicted molar refractivity (Wildman–Crippen MR) is 131 cm³/mol. The molecule has 1 amide bonds. The molecule has 0 saturated carbocycles. The number of hydrogen-bond acceptors (Lipinski definition) is 7. The van der Waals surface area contributed by atoms with Gasteiger partial charge in [-0.25, -0.2) is 4.79 Å². The summed E-state index contributed by atoms with van der Waals surface area (Å²) in [5.74, 6) is -0.397. The van der Waals surface area contributed by atoms with Gasteiger partial charge in [0.05, 0.1) is 18.7 Å². The third-order valence-corrected chi connectivity index (χ3v) is 7.27. The zero-order valence-electron chi connectivity index (χ0n) is 20.8. The van der Waals surface area contributed by atoms with Gasteiger partial charge in [-0.3, -0.25) is 4.79 Å². The van der Waals surface area contributed by atoms with Crippen LogP contribution in [0.5, 0.6) is 28.7 Å². The van der Waals surface area contributed by atoms with E-state index in [1.54, 1.807) is 31.2 Å². The Hall–Kier alpha value is -4.54. The Morgan fingerprint density at radius 2 is 1.72 bits per heavy atom. The van der Waals surface area contributed by atoms with E-state index < -0.39 is 29.8 Å². The van der Waals surface area contributed by atoms with Crippen molar-refractivity contribution in [3.63, 3.8) is 0 Å². The van der Waals surface area contributed by atoms with E-state index in [0.717, 1.165) is 11.1 Å². The fourth-order valence-electron chi connectivity index (χ4n) is 5.09. The lowest BCUT2D eigenvalue weighted by Crippen LogP contribution is -2.46. The van der Waals surface area contributed by atoms with Gasteiger partial charge in [-0.2, -0.15) is 0 Å². The van der Waals surface area contributed by atoms with E-state index >= 15 is 0 Å². The Balaban J connectivity index is 1.30. The molecule has 3 heterocycles. The van der Waals surface area contributed by atoms with Crippen LogP contribution in [0, 0.1) is 0 Å². The second-order valence-corrected chi connectivity index (χ2v) is 9.78. The molecule has 39 heavy (non-hydrogen) atoms. The summed E-state index contributed by atoms with van der Waals surface area (Å²) in [6.45, 7) is 1.66. The van der Waals surface area contributed by atoms with Gasteiger partial charge in [0.25, 0.3) is 0 Å². The maximum atomic E-state index is 13.8. The van der Waals surface area contributed by atoms with Crippen LogP contribution in [-0.4, -0.2) is 37.0 Å². The number of fused-ring (bicyclic) bond motifs is 3. The van der Waals surface area contributed by atoms with Crippen molar-refractivity contribution in [1.82, 2.24) is 5.32 Å². The largest absolute Gasteiger partial charge is 0.586 e. The van der Waals surface area contributed by atoms with E-state index in [2.05, 4.69) is 14.8 Å². The molecule has 0 saturated heterocycles. The maximum Gasteiger partial charge on any atom is 0.586 e. The molecule has 202 valence electrons. The van der Waals surface area contributed by atoms with Crippen LogP contribution < -0.4 is 29.0 Å². The van der Waals surface area contributed by atoms with Crippen LogP contribution in [-0.2, 0) is 10.2 Å². The van der Waals surface area contributed by atoms with E-state index in [1.807, 2.05) is 6.07 Å². The first-order valence-electron chi connectivity index (χ1n) is 12.1. The van der Waals surface area contributed by atoms with Crippen molar-refractivity contribution in [3.8, 4) is 28.7 Å². The molecule has 3 aliphatic rings. The van der Waals surface area contributed by atoms with E-state index in [1.165, 1.54) is 31.4 Å². The number of benzene rings is 3. The van der Waals surface area contributed by atoms with E-state index in [4.69, 9.17) is 14.2 Å². The number of carbonyl (C=O) groups is 2. The number of halogens is 2. The van der Waals surface area contributed by atoms with Crippen molar-refractivity contribution in [2.75, 3.05) is 13.7 Å². The van der Waals surface area contributed by atoms with Gasteiger partial charge in [-0.05, 0) is 42.8 Å². The van der Waals surface area contributed by atoms with Crippen LogP contribution in [0.3, 0.4) is 0 Å².